The van der Waals surface area contributed by atoms with Crippen LogP contribution in [0.15, 0.2) is 57.8 Å². The van der Waals surface area contributed by atoms with Crippen LogP contribution >= 0.6 is 0 Å². The van der Waals surface area contributed by atoms with Crippen LogP contribution < -0.4 is 10.6 Å². The maximum Gasteiger partial charge on any atom is 0.0620 e. The number of hydrogen-bond acceptors (Lipinski definition) is 4. The average molecular weight is 310 g/mol. The van der Waals surface area contributed by atoms with Crippen molar-refractivity contribution in [3.63, 3.8) is 0 Å². The van der Waals surface area contributed by atoms with Crippen molar-refractivity contribution in [2.75, 3.05) is 23.7 Å². The summed E-state index contributed by atoms with van der Waals surface area (Å²) in [6, 6.07) is 8.19. The van der Waals surface area contributed by atoms with E-state index in [-0.39, 0.29) is 0 Å². The van der Waals surface area contributed by atoms with Crippen molar-refractivity contribution in [2.24, 2.45) is 9.98 Å². The van der Waals surface area contributed by atoms with Crippen LogP contribution in [0.25, 0.3) is 0 Å². The molecule has 1 aromatic carbocycles. The van der Waals surface area contributed by atoms with E-state index >= 15 is 0 Å². The van der Waals surface area contributed by atoms with Crippen molar-refractivity contribution in [1.29, 1.82) is 0 Å². The fourth-order valence-electron chi connectivity index (χ4n) is 2.50. The first-order valence-corrected chi connectivity index (χ1v) is 8.06. The highest BCUT2D eigenvalue weighted by atomic mass is 15.0. The molecular formula is C19H26N4. The fraction of sp³-hybridized carbons (Fsp3) is 0.368. The van der Waals surface area contributed by atoms with E-state index in [4.69, 9.17) is 0 Å². The molecule has 0 fully saturated rings. The third kappa shape index (κ3) is 5.74. The summed E-state index contributed by atoms with van der Waals surface area (Å²) < 4.78 is 0. The molecule has 122 valence electrons. The summed E-state index contributed by atoms with van der Waals surface area (Å²) in [6.45, 7) is 9.81. The van der Waals surface area contributed by atoms with Gasteiger partial charge in [0, 0.05) is 35.9 Å². The number of rotatable bonds is 0. The minimum absolute atomic E-state index is 0.809. The average Bonchev–Trinajstić information content (AvgIpc) is 2.48. The van der Waals surface area contributed by atoms with Gasteiger partial charge in [0.25, 0.3) is 0 Å². The molecule has 0 saturated heterocycles. The molecule has 0 amide bonds. The van der Waals surface area contributed by atoms with E-state index in [1.165, 1.54) is 0 Å². The molecule has 2 N–H and O–H groups in total. The Labute approximate surface area is 139 Å². The maximum atomic E-state index is 4.58. The Morgan fingerprint density at radius 2 is 1.17 bits per heavy atom. The number of nitrogens with one attached hydrogen (secondary N) is 2. The molecule has 1 aliphatic heterocycles. The number of fused-ring (bicyclic) bond motifs is 1. The molecule has 0 spiro atoms. The van der Waals surface area contributed by atoms with Gasteiger partial charge in [-0.3, -0.25) is 9.98 Å². The van der Waals surface area contributed by atoms with Crippen LogP contribution in [0.4, 0.5) is 11.4 Å². The van der Waals surface area contributed by atoms with Crippen LogP contribution in [0, 0.1) is 0 Å². The molecule has 0 unspecified atom stereocenters. The van der Waals surface area contributed by atoms with Crippen LogP contribution in [0.3, 0.4) is 0 Å². The molecule has 0 atom stereocenters. The Bertz CT molecular complexity index is 609. The summed E-state index contributed by atoms with van der Waals surface area (Å²) >= 11 is 0. The lowest BCUT2D eigenvalue weighted by molar-refractivity contribution is 0.846. The topological polar surface area (TPSA) is 48.8 Å². The number of nitrogens with zero attached hydrogens (tertiary/aromatic N) is 2. The van der Waals surface area contributed by atoms with Gasteiger partial charge in [-0.25, -0.2) is 0 Å². The number of para-hydroxylation sites is 2. The molecule has 1 aromatic rings. The Kier molecular flexibility index (Phi) is 6.15. The van der Waals surface area contributed by atoms with E-state index in [9.17, 15) is 0 Å². The van der Waals surface area contributed by atoms with Crippen molar-refractivity contribution in [3.8, 4) is 0 Å². The van der Waals surface area contributed by atoms with Gasteiger partial charge in [-0.1, -0.05) is 12.1 Å². The smallest absolute Gasteiger partial charge is 0.0620 e. The maximum absolute atomic E-state index is 4.58. The molecule has 0 aliphatic carbocycles. The predicted octanol–water partition coefficient (Wildman–Crippen LogP) is 4.64. The van der Waals surface area contributed by atoms with Crippen LogP contribution in [0.5, 0.6) is 0 Å². The van der Waals surface area contributed by atoms with Gasteiger partial charge in [0.1, 0.15) is 0 Å². The first kappa shape index (κ1) is 17.0. The van der Waals surface area contributed by atoms with Crippen molar-refractivity contribution < 1.29 is 0 Å². The zero-order valence-corrected chi connectivity index (χ0v) is 14.5. The zero-order chi connectivity index (χ0) is 16.7. The van der Waals surface area contributed by atoms with Gasteiger partial charge in [-0.05, 0) is 58.4 Å². The lowest BCUT2D eigenvalue weighted by Crippen LogP contribution is -2.04. The predicted molar refractivity (Wildman–Crippen MR) is 102 cm³/mol. The van der Waals surface area contributed by atoms with E-state index in [1.807, 2.05) is 26.0 Å². The van der Waals surface area contributed by atoms with Crippen LogP contribution in [-0.2, 0) is 0 Å². The van der Waals surface area contributed by atoms with E-state index in [0.717, 1.165) is 53.7 Å². The number of benzene rings is 1. The summed E-state index contributed by atoms with van der Waals surface area (Å²) in [5, 5.41) is 6.90. The second-order valence-electron chi connectivity index (χ2n) is 5.85. The highest BCUT2D eigenvalue weighted by Gasteiger charge is 2.03. The van der Waals surface area contributed by atoms with Gasteiger partial charge in [0.05, 0.1) is 11.4 Å². The van der Waals surface area contributed by atoms with Crippen LogP contribution in [-0.4, -0.2) is 24.5 Å². The van der Waals surface area contributed by atoms with E-state index in [2.05, 4.69) is 58.8 Å². The summed E-state index contributed by atoms with van der Waals surface area (Å²) in [5.74, 6) is 0. The monoisotopic (exact) mass is 310 g/mol. The molecule has 0 bridgehead atoms. The highest BCUT2D eigenvalue weighted by Crippen LogP contribution is 2.24. The minimum atomic E-state index is 0.809. The first-order valence-electron chi connectivity index (χ1n) is 8.06. The first-order chi connectivity index (χ1) is 11.0. The summed E-state index contributed by atoms with van der Waals surface area (Å²) in [7, 11) is 0. The quantitative estimate of drug-likeness (QED) is 0.733. The van der Waals surface area contributed by atoms with Crippen molar-refractivity contribution in [3.05, 3.63) is 47.8 Å². The number of aliphatic imine (C=N–C) groups is 2. The zero-order valence-electron chi connectivity index (χ0n) is 14.5. The molecule has 4 heteroatoms. The van der Waals surface area contributed by atoms with E-state index in [1.54, 1.807) is 0 Å². The van der Waals surface area contributed by atoms with Crippen molar-refractivity contribution in [1.82, 2.24) is 0 Å². The SMILES string of the molecule is CC1=CC(C)=NCCCN=C(C)C=C(C)Nc2ccccc2N1. The summed E-state index contributed by atoms with van der Waals surface area (Å²) in [6.07, 6.45) is 5.12. The Morgan fingerprint density at radius 3 is 1.61 bits per heavy atom. The number of anilines is 2. The molecular weight excluding hydrogens is 284 g/mol. The van der Waals surface area contributed by atoms with Crippen molar-refractivity contribution in [2.45, 2.75) is 34.1 Å². The molecule has 0 saturated carbocycles. The molecule has 0 aromatic heterocycles. The van der Waals surface area contributed by atoms with Crippen LogP contribution in [0.2, 0.25) is 0 Å². The third-order valence-electron chi connectivity index (χ3n) is 3.48. The normalized spacial score (nSPS) is 17.0. The van der Waals surface area contributed by atoms with Gasteiger partial charge < -0.3 is 10.6 Å². The second-order valence-corrected chi connectivity index (χ2v) is 5.85. The van der Waals surface area contributed by atoms with E-state index in [0.29, 0.717) is 0 Å². The van der Waals surface area contributed by atoms with Gasteiger partial charge >= 0.3 is 0 Å². The number of hydrogen-bond donors (Lipinski definition) is 2. The molecule has 1 heterocycles. The van der Waals surface area contributed by atoms with Gasteiger partial charge in [-0.15, -0.1) is 0 Å². The molecule has 23 heavy (non-hydrogen) atoms. The number of allylic oxidation sites excluding steroid dienone is 4. The highest BCUT2D eigenvalue weighted by molar-refractivity contribution is 5.94. The largest absolute Gasteiger partial charge is 0.357 e. The molecule has 4 nitrogen and oxygen atoms in total. The second kappa shape index (κ2) is 8.32. The van der Waals surface area contributed by atoms with E-state index < -0.39 is 0 Å². The Hall–Kier alpha value is -2.36. The van der Waals surface area contributed by atoms with Crippen molar-refractivity contribution >= 4 is 22.8 Å². The van der Waals surface area contributed by atoms with Gasteiger partial charge in [0.2, 0.25) is 0 Å². The fourth-order valence-corrected chi connectivity index (χ4v) is 2.50. The molecule has 0 radical (unpaired) electrons. The Balaban J connectivity index is 2.35. The minimum Gasteiger partial charge on any atom is -0.357 e. The lowest BCUT2D eigenvalue weighted by Gasteiger charge is -2.14. The molecule has 1 aliphatic rings. The third-order valence-corrected chi connectivity index (χ3v) is 3.48. The van der Waals surface area contributed by atoms with Gasteiger partial charge in [-0.2, -0.15) is 0 Å². The van der Waals surface area contributed by atoms with Gasteiger partial charge in [0.15, 0.2) is 0 Å². The lowest BCUT2D eigenvalue weighted by atomic mass is 10.2. The standard InChI is InChI=1S/C19H26N4/c1-14-12-16(3)22-18-8-5-6-9-19(18)23-17(4)13-15(2)21-11-7-10-20-14/h5-6,8-9,12-13,22-23H,7,10-11H2,1-4H3. The summed E-state index contributed by atoms with van der Waals surface area (Å²) in [5.41, 5.74) is 6.31. The molecule has 2 rings (SSSR count). The van der Waals surface area contributed by atoms with Crippen LogP contribution in [0.1, 0.15) is 34.1 Å². The Morgan fingerprint density at radius 1 is 0.739 bits per heavy atom. The summed E-state index contributed by atoms with van der Waals surface area (Å²) in [4.78, 5) is 9.16.